The SMILES string of the molecule is COc1ccc(CCCCNCCOc2cc(F)cc3c2NC(=O)CC3)cc1. The van der Waals surface area contributed by atoms with Gasteiger partial charge in [0, 0.05) is 19.0 Å². The van der Waals surface area contributed by atoms with Gasteiger partial charge in [-0.15, -0.1) is 0 Å². The van der Waals surface area contributed by atoms with E-state index in [2.05, 4.69) is 22.8 Å². The molecule has 0 aliphatic carbocycles. The normalized spacial score (nSPS) is 13.0. The minimum absolute atomic E-state index is 0.0565. The number of carbonyl (C=O) groups excluding carboxylic acids is 1. The lowest BCUT2D eigenvalue weighted by Gasteiger charge is -2.20. The number of carbonyl (C=O) groups is 1. The van der Waals surface area contributed by atoms with Crippen molar-refractivity contribution in [3.05, 3.63) is 53.3 Å². The van der Waals surface area contributed by atoms with Gasteiger partial charge in [0.2, 0.25) is 5.91 Å². The number of aryl methyl sites for hydroxylation is 2. The first-order valence-electron chi connectivity index (χ1n) is 9.74. The van der Waals surface area contributed by atoms with Crippen LogP contribution in [0.3, 0.4) is 0 Å². The van der Waals surface area contributed by atoms with Crippen LogP contribution in [-0.2, 0) is 17.6 Å². The van der Waals surface area contributed by atoms with Crippen molar-refractivity contribution in [3.8, 4) is 11.5 Å². The van der Waals surface area contributed by atoms with Gasteiger partial charge in [0.15, 0.2) is 0 Å². The van der Waals surface area contributed by atoms with Gasteiger partial charge in [-0.25, -0.2) is 4.39 Å². The quantitative estimate of drug-likeness (QED) is 0.611. The average Bonchev–Trinajstić information content (AvgIpc) is 2.70. The first-order valence-corrected chi connectivity index (χ1v) is 9.74. The van der Waals surface area contributed by atoms with E-state index in [1.807, 2.05) is 12.1 Å². The van der Waals surface area contributed by atoms with E-state index in [1.165, 1.54) is 17.7 Å². The first kappa shape index (κ1) is 20.1. The number of amides is 1. The van der Waals surface area contributed by atoms with Crippen molar-refractivity contribution in [2.75, 3.05) is 32.1 Å². The molecule has 0 radical (unpaired) electrons. The fraction of sp³-hybridized carbons (Fsp3) is 0.409. The summed E-state index contributed by atoms with van der Waals surface area (Å²) in [5.41, 5.74) is 2.71. The zero-order valence-electron chi connectivity index (χ0n) is 16.2. The molecule has 2 N–H and O–H groups in total. The Labute approximate surface area is 165 Å². The van der Waals surface area contributed by atoms with Crippen LogP contribution in [0.4, 0.5) is 10.1 Å². The number of rotatable bonds is 10. The van der Waals surface area contributed by atoms with Gasteiger partial charge in [0.05, 0.1) is 12.8 Å². The molecule has 1 amide bonds. The predicted octanol–water partition coefficient (Wildman–Crippen LogP) is 3.71. The summed E-state index contributed by atoms with van der Waals surface area (Å²) in [5.74, 6) is 0.893. The highest BCUT2D eigenvalue weighted by atomic mass is 19.1. The van der Waals surface area contributed by atoms with E-state index in [9.17, 15) is 9.18 Å². The molecular weight excluding hydrogens is 359 g/mol. The van der Waals surface area contributed by atoms with E-state index in [0.29, 0.717) is 37.4 Å². The first-order chi connectivity index (χ1) is 13.7. The molecule has 0 saturated heterocycles. The Morgan fingerprint density at radius 2 is 1.93 bits per heavy atom. The van der Waals surface area contributed by atoms with Gasteiger partial charge in [-0.3, -0.25) is 4.79 Å². The predicted molar refractivity (Wildman–Crippen MR) is 108 cm³/mol. The molecule has 2 aromatic carbocycles. The Kier molecular flexibility index (Phi) is 7.25. The summed E-state index contributed by atoms with van der Waals surface area (Å²) in [5, 5.41) is 6.13. The number of benzene rings is 2. The third kappa shape index (κ3) is 5.70. The highest BCUT2D eigenvalue weighted by Crippen LogP contribution is 2.33. The van der Waals surface area contributed by atoms with Crippen LogP contribution < -0.4 is 20.1 Å². The Morgan fingerprint density at radius 3 is 2.71 bits per heavy atom. The van der Waals surface area contributed by atoms with Crippen LogP contribution in [0.25, 0.3) is 0 Å². The monoisotopic (exact) mass is 386 g/mol. The molecule has 0 unspecified atom stereocenters. The molecule has 28 heavy (non-hydrogen) atoms. The largest absolute Gasteiger partial charge is 0.497 e. The van der Waals surface area contributed by atoms with Crippen molar-refractivity contribution in [3.63, 3.8) is 0 Å². The fourth-order valence-corrected chi connectivity index (χ4v) is 3.27. The molecule has 1 heterocycles. The van der Waals surface area contributed by atoms with E-state index in [0.717, 1.165) is 37.1 Å². The molecule has 0 aromatic heterocycles. The maximum atomic E-state index is 13.7. The third-order valence-corrected chi connectivity index (χ3v) is 4.80. The van der Waals surface area contributed by atoms with Crippen molar-refractivity contribution in [2.24, 2.45) is 0 Å². The summed E-state index contributed by atoms with van der Waals surface area (Å²) in [6.07, 6.45) is 4.13. The molecule has 1 aliphatic rings. The Hall–Kier alpha value is -2.60. The average molecular weight is 386 g/mol. The van der Waals surface area contributed by atoms with Gasteiger partial charge in [-0.05, 0) is 61.6 Å². The molecule has 1 aliphatic heterocycles. The van der Waals surface area contributed by atoms with Crippen LogP contribution >= 0.6 is 0 Å². The van der Waals surface area contributed by atoms with Crippen molar-refractivity contribution >= 4 is 11.6 Å². The van der Waals surface area contributed by atoms with Gasteiger partial charge in [-0.2, -0.15) is 0 Å². The van der Waals surface area contributed by atoms with E-state index >= 15 is 0 Å². The molecule has 3 rings (SSSR count). The zero-order chi connectivity index (χ0) is 19.8. The van der Waals surface area contributed by atoms with Gasteiger partial charge in [0.1, 0.15) is 23.9 Å². The molecule has 0 bridgehead atoms. The van der Waals surface area contributed by atoms with Crippen molar-refractivity contribution in [1.82, 2.24) is 5.32 Å². The van der Waals surface area contributed by atoms with Crippen LogP contribution in [0.1, 0.15) is 30.4 Å². The summed E-state index contributed by atoms with van der Waals surface area (Å²) in [4.78, 5) is 11.6. The molecule has 0 spiro atoms. The Balaban J connectivity index is 1.33. The van der Waals surface area contributed by atoms with E-state index in [4.69, 9.17) is 9.47 Å². The summed E-state index contributed by atoms with van der Waals surface area (Å²) in [6.45, 7) is 1.99. The van der Waals surface area contributed by atoms with Crippen LogP contribution in [-0.4, -0.2) is 32.7 Å². The summed E-state index contributed by atoms with van der Waals surface area (Å²) < 4.78 is 24.6. The highest BCUT2D eigenvalue weighted by Gasteiger charge is 2.20. The van der Waals surface area contributed by atoms with Crippen molar-refractivity contribution in [2.45, 2.75) is 32.1 Å². The number of hydrogen-bond acceptors (Lipinski definition) is 4. The van der Waals surface area contributed by atoms with E-state index in [1.54, 1.807) is 7.11 Å². The Morgan fingerprint density at radius 1 is 1.11 bits per heavy atom. The molecule has 0 saturated carbocycles. The van der Waals surface area contributed by atoms with Crippen molar-refractivity contribution < 1.29 is 18.7 Å². The standard InChI is InChI=1S/C22H27FN2O3/c1-27-19-8-5-16(6-9-19)4-2-3-11-24-12-13-28-20-15-18(23)14-17-7-10-21(26)25-22(17)20/h5-6,8-9,14-15,24H,2-4,7,10-13H2,1H3,(H,25,26). The lowest BCUT2D eigenvalue weighted by molar-refractivity contribution is -0.116. The topological polar surface area (TPSA) is 59.6 Å². The molecule has 5 nitrogen and oxygen atoms in total. The Bertz CT molecular complexity index is 793. The van der Waals surface area contributed by atoms with Crippen molar-refractivity contribution in [1.29, 1.82) is 0 Å². The molecule has 2 aromatic rings. The number of hydrogen-bond donors (Lipinski definition) is 2. The second-order valence-electron chi connectivity index (χ2n) is 6.89. The molecular formula is C22H27FN2O3. The lowest BCUT2D eigenvalue weighted by Crippen LogP contribution is -2.24. The van der Waals surface area contributed by atoms with Gasteiger partial charge in [-0.1, -0.05) is 12.1 Å². The lowest BCUT2D eigenvalue weighted by atomic mass is 10.0. The third-order valence-electron chi connectivity index (χ3n) is 4.80. The molecule has 6 heteroatoms. The number of ether oxygens (including phenoxy) is 2. The number of methoxy groups -OCH3 is 1. The van der Waals surface area contributed by atoms with Gasteiger partial charge in [0.25, 0.3) is 0 Å². The van der Waals surface area contributed by atoms with Gasteiger partial charge < -0.3 is 20.1 Å². The minimum atomic E-state index is -0.337. The summed E-state index contributed by atoms with van der Waals surface area (Å²) >= 11 is 0. The number of unbranched alkanes of at least 4 members (excludes halogenated alkanes) is 1. The van der Waals surface area contributed by atoms with E-state index in [-0.39, 0.29) is 11.7 Å². The summed E-state index contributed by atoms with van der Waals surface area (Å²) in [6, 6.07) is 11.0. The van der Waals surface area contributed by atoms with Gasteiger partial charge >= 0.3 is 0 Å². The number of anilines is 1. The van der Waals surface area contributed by atoms with Crippen LogP contribution in [0.5, 0.6) is 11.5 Å². The maximum absolute atomic E-state index is 13.7. The number of fused-ring (bicyclic) bond motifs is 1. The van der Waals surface area contributed by atoms with Crippen LogP contribution in [0.2, 0.25) is 0 Å². The summed E-state index contributed by atoms with van der Waals surface area (Å²) in [7, 11) is 1.67. The minimum Gasteiger partial charge on any atom is -0.497 e. The second kappa shape index (κ2) is 10.1. The fourth-order valence-electron chi connectivity index (χ4n) is 3.27. The molecule has 0 atom stereocenters. The highest BCUT2D eigenvalue weighted by molar-refractivity contribution is 5.95. The molecule has 150 valence electrons. The molecule has 0 fully saturated rings. The number of nitrogens with one attached hydrogen (secondary N) is 2. The zero-order valence-corrected chi connectivity index (χ0v) is 16.2. The number of halogens is 1. The second-order valence-corrected chi connectivity index (χ2v) is 6.89. The maximum Gasteiger partial charge on any atom is 0.224 e. The smallest absolute Gasteiger partial charge is 0.224 e. The van der Waals surface area contributed by atoms with E-state index < -0.39 is 0 Å². The van der Waals surface area contributed by atoms with Crippen LogP contribution in [0, 0.1) is 5.82 Å². The van der Waals surface area contributed by atoms with Crippen LogP contribution in [0.15, 0.2) is 36.4 Å².